The van der Waals surface area contributed by atoms with Gasteiger partial charge in [-0.2, -0.15) is 26.3 Å². The van der Waals surface area contributed by atoms with E-state index in [-0.39, 0.29) is 5.56 Å². The topological polar surface area (TPSA) is 36.0 Å². The van der Waals surface area contributed by atoms with Gasteiger partial charge in [-0.1, -0.05) is 0 Å². The number of aromatic nitrogens is 1. The molecule has 1 rings (SSSR count). The van der Waals surface area contributed by atoms with Crippen LogP contribution in [0.1, 0.15) is 28.6 Å². The molecule has 1 heterocycles. The summed E-state index contributed by atoms with van der Waals surface area (Å²) < 4.78 is 75.0. The van der Waals surface area contributed by atoms with E-state index in [2.05, 4.69) is 4.98 Å². The Morgan fingerprint density at radius 2 is 1.32 bits per heavy atom. The highest BCUT2D eigenvalue weighted by molar-refractivity contribution is 5.35. The summed E-state index contributed by atoms with van der Waals surface area (Å²) in [5.74, 6) is -3.81. The third-order valence-corrected chi connectivity index (χ3v) is 3.17. The predicted molar refractivity (Wildman–Crippen MR) is 55.6 cm³/mol. The van der Waals surface area contributed by atoms with Crippen molar-refractivity contribution in [1.29, 1.82) is 0 Å². The summed E-state index contributed by atoms with van der Waals surface area (Å²) in [5.41, 5.74) is 0.699. The first-order valence-corrected chi connectivity index (χ1v) is 5.34. The van der Waals surface area contributed by atoms with Crippen molar-refractivity contribution in [2.45, 2.75) is 39.2 Å². The van der Waals surface area contributed by atoms with Gasteiger partial charge in [0.05, 0.1) is 0 Å². The Hall–Kier alpha value is -1.18. The lowest BCUT2D eigenvalue weighted by molar-refractivity contribution is -0.308. The van der Waals surface area contributed by atoms with Crippen LogP contribution >= 0.6 is 0 Å². The number of hydrogen-bond donors (Lipinski definition) is 2. The molecule has 1 unspecified atom stereocenters. The molecule has 0 aliphatic carbocycles. The Bertz CT molecular complexity index is 445. The molecule has 0 saturated carbocycles. The first-order valence-electron chi connectivity index (χ1n) is 5.34. The van der Waals surface area contributed by atoms with Gasteiger partial charge in [0.15, 0.2) is 5.92 Å². The van der Waals surface area contributed by atoms with Crippen molar-refractivity contribution in [2.24, 2.45) is 5.92 Å². The minimum absolute atomic E-state index is 0.198. The van der Waals surface area contributed by atoms with Gasteiger partial charge in [0.25, 0.3) is 0 Å². The molecule has 0 aliphatic heterocycles. The molecule has 0 aromatic carbocycles. The van der Waals surface area contributed by atoms with Crippen molar-refractivity contribution in [3.63, 3.8) is 0 Å². The number of aryl methyl sites for hydroxylation is 1. The van der Waals surface area contributed by atoms with Crippen LogP contribution in [-0.2, 0) is 0 Å². The Morgan fingerprint density at radius 1 is 0.895 bits per heavy atom. The van der Waals surface area contributed by atoms with Crippen LogP contribution in [0.5, 0.6) is 0 Å². The smallest absolute Gasteiger partial charge is 0.386 e. The van der Waals surface area contributed by atoms with Crippen LogP contribution in [0.3, 0.4) is 0 Å². The number of nitrogens with one attached hydrogen (secondary N) is 1. The largest absolute Gasteiger partial charge is 0.403 e. The maximum atomic E-state index is 12.5. The number of hydrogen-bond acceptors (Lipinski definition) is 1. The number of aromatic amines is 1. The van der Waals surface area contributed by atoms with Gasteiger partial charge in [0, 0.05) is 11.4 Å². The summed E-state index contributed by atoms with van der Waals surface area (Å²) in [7, 11) is 0. The molecule has 1 atom stereocenters. The zero-order chi connectivity index (χ0) is 15.2. The van der Waals surface area contributed by atoms with E-state index in [0.29, 0.717) is 11.3 Å². The highest BCUT2D eigenvalue weighted by Crippen LogP contribution is 2.46. The Morgan fingerprint density at radius 3 is 1.58 bits per heavy atom. The van der Waals surface area contributed by atoms with E-state index in [1.165, 1.54) is 13.8 Å². The van der Waals surface area contributed by atoms with Crippen LogP contribution in [-0.4, -0.2) is 22.4 Å². The molecule has 110 valence electrons. The minimum Gasteiger partial charge on any atom is -0.386 e. The van der Waals surface area contributed by atoms with Crippen LogP contribution < -0.4 is 0 Å². The van der Waals surface area contributed by atoms with Crippen LogP contribution in [0.15, 0.2) is 0 Å². The second-order valence-electron chi connectivity index (χ2n) is 4.42. The van der Waals surface area contributed by atoms with E-state index in [0.717, 1.165) is 0 Å². The van der Waals surface area contributed by atoms with Crippen molar-refractivity contribution in [2.75, 3.05) is 0 Å². The third kappa shape index (κ3) is 3.05. The SMILES string of the molecule is Cc1[nH]c(C(O)C(C(F)(F)F)C(F)(F)F)c(C)c1C. The average Bonchev–Trinajstić information content (AvgIpc) is 2.41. The fraction of sp³-hybridized carbons (Fsp3) is 0.636. The standard InChI is InChI=1S/C11H13F6NO/c1-4-5(2)7(18-6(4)3)8(19)9(10(12,13)14)11(15,16)17/h8-9,18-19H,1-3H3. The van der Waals surface area contributed by atoms with E-state index in [4.69, 9.17) is 0 Å². The third-order valence-electron chi connectivity index (χ3n) is 3.17. The molecular formula is C11H13F6NO. The highest BCUT2D eigenvalue weighted by Gasteiger charge is 2.61. The van der Waals surface area contributed by atoms with Crippen LogP contribution in [0.2, 0.25) is 0 Å². The molecule has 8 heteroatoms. The van der Waals surface area contributed by atoms with Crippen molar-refractivity contribution in [3.05, 3.63) is 22.5 Å². The van der Waals surface area contributed by atoms with Gasteiger partial charge in [-0.25, -0.2) is 0 Å². The molecular weight excluding hydrogens is 276 g/mol. The number of H-pyrrole nitrogens is 1. The molecule has 0 spiro atoms. The number of alkyl halides is 6. The zero-order valence-corrected chi connectivity index (χ0v) is 10.4. The molecule has 0 radical (unpaired) electrons. The van der Waals surface area contributed by atoms with Crippen molar-refractivity contribution < 1.29 is 31.4 Å². The molecule has 0 bridgehead atoms. The van der Waals surface area contributed by atoms with Crippen molar-refractivity contribution in [3.8, 4) is 0 Å². The van der Waals surface area contributed by atoms with Gasteiger partial charge < -0.3 is 10.1 Å². The lowest BCUT2D eigenvalue weighted by Crippen LogP contribution is -2.41. The van der Waals surface area contributed by atoms with Gasteiger partial charge in [-0.15, -0.1) is 0 Å². The molecule has 2 N–H and O–H groups in total. The zero-order valence-electron chi connectivity index (χ0n) is 10.4. The van der Waals surface area contributed by atoms with Crippen LogP contribution in [0.4, 0.5) is 26.3 Å². The van der Waals surface area contributed by atoms with E-state index in [1.54, 1.807) is 6.92 Å². The minimum atomic E-state index is -5.57. The van der Waals surface area contributed by atoms with E-state index in [1.807, 2.05) is 0 Å². The normalized spacial score (nSPS) is 15.1. The lowest BCUT2D eigenvalue weighted by atomic mass is 9.96. The van der Waals surface area contributed by atoms with Crippen molar-refractivity contribution >= 4 is 0 Å². The molecule has 0 amide bonds. The summed E-state index contributed by atoms with van der Waals surface area (Å²) >= 11 is 0. The molecule has 19 heavy (non-hydrogen) atoms. The molecule has 1 aromatic rings. The Labute approximate surface area is 105 Å². The average molecular weight is 289 g/mol. The van der Waals surface area contributed by atoms with Crippen molar-refractivity contribution in [1.82, 2.24) is 4.98 Å². The number of rotatable bonds is 2. The van der Waals surface area contributed by atoms with Gasteiger partial charge in [-0.3, -0.25) is 0 Å². The molecule has 2 nitrogen and oxygen atoms in total. The first-order chi connectivity index (χ1) is 8.37. The molecule has 0 fully saturated rings. The van der Waals surface area contributed by atoms with E-state index in [9.17, 15) is 31.4 Å². The summed E-state index contributed by atoms with van der Waals surface area (Å²) in [6.07, 6.45) is -13.8. The maximum Gasteiger partial charge on any atom is 0.403 e. The lowest BCUT2D eigenvalue weighted by Gasteiger charge is -2.27. The summed E-state index contributed by atoms with van der Waals surface area (Å²) in [6.45, 7) is 4.42. The number of aliphatic hydroxyl groups is 1. The molecule has 0 saturated heterocycles. The quantitative estimate of drug-likeness (QED) is 0.800. The molecule has 1 aromatic heterocycles. The second kappa shape index (κ2) is 4.73. The number of aliphatic hydroxyl groups excluding tert-OH is 1. The summed E-state index contributed by atoms with van der Waals surface area (Å²) in [5, 5.41) is 9.50. The van der Waals surface area contributed by atoms with E-state index >= 15 is 0 Å². The van der Waals surface area contributed by atoms with Gasteiger partial charge in [0.1, 0.15) is 6.10 Å². The Balaban J connectivity index is 3.28. The predicted octanol–water partition coefficient (Wildman–Crippen LogP) is 3.71. The number of halogens is 6. The van der Waals surface area contributed by atoms with Gasteiger partial charge in [-0.05, 0) is 31.9 Å². The van der Waals surface area contributed by atoms with Gasteiger partial charge in [0.2, 0.25) is 0 Å². The summed E-state index contributed by atoms with van der Waals surface area (Å²) in [4.78, 5) is 2.39. The van der Waals surface area contributed by atoms with Crippen LogP contribution in [0.25, 0.3) is 0 Å². The fourth-order valence-corrected chi connectivity index (χ4v) is 1.88. The van der Waals surface area contributed by atoms with E-state index < -0.39 is 30.1 Å². The van der Waals surface area contributed by atoms with Crippen LogP contribution in [0, 0.1) is 26.7 Å². The summed E-state index contributed by atoms with van der Waals surface area (Å²) in [6, 6.07) is 0. The molecule has 0 aliphatic rings. The van der Waals surface area contributed by atoms with Gasteiger partial charge >= 0.3 is 12.4 Å². The monoisotopic (exact) mass is 289 g/mol. The Kier molecular flexibility index (Phi) is 3.96. The highest BCUT2D eigenvalue weighted by atomic mass is 19.4. The second-order valence-corrected chi connectivity index (χ2v) is 4.42. The maximum absolute atomic E-state index is 12.5. The fourth-order valence-electron chi connectivity index (χ4n) is 1.88. The first kappa shape index (κ1) is 15.9.